The van der Waals surface area contributed by atoms with Gasteiger partial charge in [0.1, 0.15) is 11.4 Å². The number of methoxy groups -OCH3 is 1. The Bertz CT molecular complexity index is 1880. The fourth-order valence-electron chi connectivity index (χ4n) is 5.20. The highest BCUT2D eigenvalue weighted by Gasteiger charge is 2.32. The molecule has 1 aliphatic rings. The summed E-state index contributed by atoms with van der Waals surface area (Å²) in [4.78, 5) is 42.9. The summed E-state index contributed by atoms with van der Waals surface area (Å²) in [5, 5.41) is 7.73. The summed E-state index contributed by atoms with van der Waals surface area (Å²) in [6.07, 6.45) is 3.52. The van der Waals surface area contributed by atoms with Crippen LogP contribution in [0.5, 0.6) is 5.75 Å². The molecule has 1 N–H and O–H groups in total. The number of aromatic nitrogens is 4. The number of carbonyl (C=O) groups excluding carboxylic acids is 2. The van der Waals surface area contributed by atoms with E-state index in [0.29, 0.717) is 38.7 Å². The number of rotatable bonds is 7. The molecule has 218 valence electrons. The van der Waals surface area contributed by atoms with Crippen molar-refractivity contribution in [1.82, 2.24) is 29.1 Å². The van der Waals surface area contributed by atoms with Gasteiger partial charge in [0.05, 0.1) is 35.7 Å². The Morgan fingerprint density at radius 1 is 1.05 bits per heavy atom. The molecule has 0 saturated heterocycles. The molecule has 2 aromatic heterocycles. The molecule has 0 radical (unpaired) electrons. The fourth-order valence-corrected chi connectivity index (χ4v) is 5.63. The maximum absolute atomic E-state index is 14.0. The van der Waals surface area contributed by atoms with Crippen LogP contribution in [0.25, 0.3) is 11.4 Å². The molecule has 0 fully saturated rings. The molecule has 3 aromatic carbocycles. The minimum atomic E-state index is -0.446. The molecule has 0 unspecified atom stereocenters. The van der Waals surface area contributed by atoms with Gasteiger partial charge in [-0.3, -0.25) is 18.7 Å². The van der Waals surface area contributed by atoms with E-state index in [4.69, 9.17) is 16.3 Å². The maximum atomic E-state index is 14.0. The van der Waals surface area contributed by atoms with Crippen LogP contribution in [-0.2, 0) is 19.6 Å². The zero-order valence-electron chi connectivity index (χ0n) is 23.0. The van der Waals surface area contributed by atoms with E-state index in [1.807, 2.05) is 36.5 Å². The van der Waals surface area contributed by atoms with E-state index in [0.717, 1.165) is 11.3 Å². The van der Waals surface area contributed by atoms with Crippen LogP contribution in [0.4, 0.5) is 0 Å². The smallest absolute Gasteiger partial charge is 0.333 e. The third-order valence-corrected chi connectivity index (χ3v) is 8.59. The van der Waals surface area contributed by atoms with Crippen molar-refractivity contribution in [2.24, 2.45) is 0 Å². The summed E-state index contributed by atoms with van der Waals surface area (Å²) in [5.74, 6) is -0.0744. The molecule has 6 rings (SSSR count). The Morgan fingerprint density at radius 2 is 1.84 bits per heavy atom. The zero-order chi connectivity index (χ0) is 30.1. The second-order valence-electron chi connectivity index (χ2n) is 9.88. The van der Waals surface area contributed by atoms with E-state index < -0.39 is 5.91 Å². The lowest BCUT2D eigenvalue weighted by Crippen LogP contribution is -2.41. The quantitative estimate of drug-likeness (QED) is 0.269. The van der Waals surface area contributed by atoms with Gasteiger partial charge in [0.25, 0.3) is 11.8 Å². The van der Waals surface area contributed by atoms with Gasteiger partial charge in [0, 0.05) is 42.1 Å². The molecule has 3 heterocycles. The van der Waals surface area contributed by atoms with Crippen molar-refractivity contribution in [1.29, 1.82) is 0 Å². The Hall–Kier alpha value is -4.61. The van der Waals surface area contributed by atoms with Crippen molar-refractivity contribution in [3.05, 3.63) is 128 Å². The Balaban J connectivity index is 1.37. The lowest BCUT2D eigenvalue weighted by Gasteiger charge is -2.28. The lowest BCUT2D eigenvalue weighted by atomic mass is 10.1. The van der Waals surface area contributed by atoms with Crippen LogP contribution in [0.15, 0.2) is 94.5 Å². The second kappa shape index (κ2) is 11.9. The average Bonchev–Trinajstić information content (AvgIpc) is 3.67. The summed E-state index contributed by atoms with van der Waals surface area (Å²) >= 11 is 9.61. The van der Waals surface area contributed by atoms with Crippen molar-refractivity contribution in [2.75, 3.05) is 13.7 Å². The molecule has 1 aliphatic heterocycles. The minimum absolute atomic E-state index is 0.0670. The number of halogens is 2. The van der Waals surface area contributed by atoms with E-state index in [1.54, 1.807) is 69.9 Å². The highest BCUT2D eigenvalue weighted by atomic mass is 79.9. The van der Waals surface area contributed by atoms with Crippen molar-refractivity contribution in [3.63, 3.8) is 0 Å². The molecule has 2 amide bonds. The SMILES string of the molecule is COc1ccc(-n2c(C(=O)NCc3ccccc3-n3cccn3)c3n(c2=O)CCN(C(=O)c2ccc(Br)c(Cl)c2)C3)cc1. The zero-order valence-corrected chi connectivity index (χ0v) is 25.4. The van der Waals surface area contributed by atoms with Gasteiger partial charge in [-0.05, 0) is 76.1 Å². The molecule has 0 spiro atoms. The number of nitrogens with one attached hydrogen (secondary N) is 1. The van der Waals surface area contributed by atoms with E-state index in [1.165, 1.54) is 4.57 Å². The molecular weight excluding hydrogens is 636 g/mol. The molecular formula is C31H26BrClN6O4. The number of hydrogen-bond acceptors (Lipinski definition) is 5. The van der Waals surface area contributed by atoms with E-state index >= 15 is 0 Å². The van der Waals surface area contributed by atoms with Gasteiger partial charge < -0.3 is 15.0 Å². The predicted molar refractivity (Wildman–Crippen MR) is 165 cm³/mol. The van der Waals surface area contributed by atoms with Gasteiger partial charge in [-0.25, -0.2) is 9.48 Å². The molecule has 0 bridgehead atoms. The first kappa shape index (κ1) is 28.5. The third-order valence-electron chi connectivity index (χ3n) is 7.36. The molecule has 0 aliphatic carbocycles. The number of ether oxygens (including phenoxy) is 1. The van der Waals surface area contributed by atoms with Crippen molar-refractivity contribution >= 4 is 39.3 Å². The van der Waals surface area contributed by atoms with Gasteiger partial charge in [-0.2, -0.15) is 5.10 Å². The number of carbonyl (C=O) groups is 2. The minimum Gasteiger partial charge on any atom is -0.497 e. The van der Waals surface area contributed by atoms with Gasteiger partial charge >= 0.3 is 5.69 Å². The largest absolute Gasteiger partial charge is 0.497 e. The normalized spacial score (nSPS) is 12.6. The fraction of sp³-hybridized carbons (Fsp3) is 0.161. The predicted octanol–water partition coefficient (Wildman–Crippen LogP) is 4.84. The second-order valence-corrected chi connectivity index (χ2v) is 11.1. The van der Waals surface area contributed by atoms with Crippen molar-refractivity contribution in [3.8, 4) is 17.1 Å². The van der Waals surface area contributed by atoms with Gasteiger partial charge in [0.2, 0.25) is 0 Å². The summed E-state index contributed by atoms with van der Waals surface area (Å²) in [6.45, 7) is 0.786. The first-order valence-corrected chi connectivity index (χ1v) is 14.6. The monoisotopic (exact) mass is 660 g/mol. The maximum Gasteiger partial charge on any atom is 0.333 e. The van der Waals surface area contributed by atoms with Crippen molar-refractivity contribution in [2.45, 2.75) is 19.6 Å². The number of nitrogens with zero attached hydrogens (tertiary/aromatic N) is 5. The number of imidazole rings is 1. The molecule has 10 nitrogen and oxygen atoms in total. The van der Waals surface area contributed by atoms with Crippen LogP contribution < -0.4 is 15.7 Å². The molecule has 12 heteroatoms. The first-order chi connectivity index (χ1) is 20.9. The highest BCUT2D eigenvalue weighted by molar-refractivity contribution is 9.10. The Morgan fingerprint density at radius 3 is 2.56 bits per heavy atom. The summed E-state index contributed by atoms with van der Waals surface area (Å²) < 4.78 is 10.7. The van der Waals surface area contributed by atoms with Gasteiger partial charge in [-0.15, -0.1) is 0 Å². The van der Waals surface area contributed by atoms with E-state index in [9.17, 15) is 14.4 Å². The average molecular weight is 662 g/mol. The van der Waals surface area contributed by atoms with Crippen LogP contribution in [0, 0.1) is 0 Å². The van der Waals surface area contributed by atoms with E-state index in [-0.39, 0.29) is 36.9 Å². The molecule has 43 heavy (non-hydrogen) atoms. The summed E-state index contributed by atoms with van der Waals surface area (Å²) in [5.41, 5.74) is 2.84. The number of amides is 2. The first-order valence-electron chi connectivity index (χ1n) is 13.4. The number of fused-ring (bicyclic) bond motifs is 1. The molecule has 0 atom stereocenters. The topological polar surface area (TPSA) is 103 Å². The third kappa shape index (κ3) is 5.49. The standard InChI is InChI=1S/C31H26BrClN6O4/c1-43-23-10-8-22(9-11-23)39-28(29(40)34-18-21-5-2-3-6-26(21)38-14-4-13-35-38)27-19-36(15-16-37(27)31(39)42)30(41)20-7-12-24(32)25(33)17-20/h2-14,17H,15-16,18-19H2,1H3,(H,34,40). The molecule has 0 saturated carbocycles. The van der Waals surface area contributed by atoms with Gasteiger partial charge in [0.15, 0.2) is 0 Å². The van der Waals surface area contributed by atoms with Crippen LogP contribution in [0.3, 0.4) is 0 Å². The van der Waals surface area contributed by atoms with Gasteiger partial charge in [-0.1, -0.05) is 29.8 Å². The number of hydrogen-bond donors (Lipinski definition) is 1. The van der Waals surface area contributed by atoms with Crippen molar-refractivity contribution < 1.29 is 14.3 Å². The van der Waals surface area contributed by atoms with Crippen LogP contribution in [0.1, 0.15) is 32.1 Å². The highest BCUT2D eigenvalue weighted by Crippen LogP contribution is 2.26. The number of para-hydroxylation sites is 1. The van der Waals surface area contributed by atoms with E-state index in [2.05, 4.69) is 26.3 Å². The Labute approximate surface area is 260 Å². The lowest BCUT2D eigenvalue weighted by molar-refractivity contribution is 0.0706. The number of benzene rings is 3. The molecule has 5 aromatic rings. The Kier molecular flexibility index (Phi) is 7.92. The summed E-state index contributed by atoms with van der Waals surface area (Å²) in [6, 6.07) is 21.4. The summed E-state index contributed by atoms with van der Waals surface area (Å²) in [7, 11) is 1.56. The van der Waals surface area contributed by atoms with Crippen LogP contribution in [-0.4, -0.2) is 49.3 Å². The van der Waals surface area contributed by atoms with Crippen LogP contribution in [0.2, 0.25) is 5.02 Å². The van der Waals surface area contributed by atoms with Crippen LogP contribution >= 0.6 is 27.5 Å².